The molecule has 2 fully saturated rings. The molecule has 148 valence electrons. The molecule has 1 atom stereocenters. The van der Waals surface area contributed by atoms with Gasteiger partial charge in [0, 0.05) is 23.3 Å². The van der Waals surface area contributed by atoms with Gasteiger partial charge < -0.3 is 10.2 Å². The molecule has 1 aliphatic carbocycles. The summed E-state index contributed by atoms with van der Waals surface area (Å²) in [6.45, 7) is 1.62. The van der Waals surface area contributed by atoms with Gasteiger partial charge in [-0.3, -0.25) is 9.59 Å². The van der Waals surface area contributed by atoms with Crippen LogP contribution in [0, 0.1) is 0 Å². The lowest BCUT2D eigenvalue weighted by atomic mass is 9.93. The van der Waals surface area contributed by atoms with Gasteiger partial charge in [-0.25, -0.2) is 8.42 Å². The summed E-state index contributed by atoms with van der Waals surface area (Å²) in [5.41, 5.74) is 1.32. The third-order valence-corrected chi connectivity index (χ3v) is 7.32. The Morgan fingerprint density at radius 1 is 1.11 bits per heavy atom. The molecule has 1 saturated carbocycles. The van der Waals surface area contributed by atoms with Gasteiger partial charge in [0.15, 0.2) is 15.6 Å². The van der Waals surface area contributed by atoms with Crippen molar-refractivity contribution in [2.75, 3.05) is 23.4 Å². The maximum absolute atomic E-state index is 13.0. The number of carbonyl (C=O) groups is 2. The van der Waals surface area contributed by atoms with Gasteiger partial charge in [-0.15, -0.1) is 0 Å². The predicted molar refractivity (Wildman–Crippen MR) is 106 cm³/mol. The summed E-state index contributed by atoms with van der Waals surface area (Å²) in [4.78, 5) is 26.4. The van der Waals surface area contributed by atoms with E-state index in [1.54, 1.807) is 18.2 Å². The zero-order chi connectivity index (χ0) is 19.4. The van der Waals surface area contributed by atoms with Crippen LogP contribution in [0.5, 0.6) is 0 Å². The van der Waals surface area contributed by atoms with E-state index in [9.17, 15) is 18.0 Å². The van der Waals surface area contributed by atoms with E-state index in [1.807, 2.05) is 11.0 Å². The molecule has 6 nitrogen and oxygen atoms in total. The number of anilines is 1. The summed E-state index contributed by atoms with van der Waals surface area (Å²) in [7, 11) is -3.05. The van der Waals surface area contributed by atoms with E-state index in [1.165, 1.54) is 13.3 Å². The molecule has 0 aromatic heterocycles. The molecular formula is C20H28N2O4S. The summed E-state index contributed by atoms with van der Waals surface area (Å²) in [6, 6.07) is 7.01. The molecular weight excluding hydrogens is 364 g/mol. The average Bonchev–Trinajstić information content (AvgIpc) is 3.00. The Kier molecular flexibility index (Phi) is 6.19. The highest BCUT2D eigenvalue weighted by atomic mass is 32.2. The minimum Gasteiger partial charge on any atom is -0.376 e. The van der Waals surface area contributed by atoms with Gasteiger partial charge in [-0.05, 0) is 38.3 Å². The highest BCUT2D eigenvalue weighted by Crippen LogP contribution is 2.28. The quantitative estimate of drug-likeness (QED) is 0.753. The first kappa shape index (κ1) is 19.9. The van der Waals surface area contributed by atoms with E-state index >= 15 is 0 Å². The normalized spacial score (nSPS) is 22.3. The smallest absolute Gasteiger partial charge is 0.242 e. The molecule has 1 aromatic rings. The van der Waals surface area contributed by atoms with E-state index in [2.05, 4.69) is 5.32 Å². The molecule has 1 saturated heterocycles. The fourth-order valence-electron chi connectivity index (χ4n) is 4.18. The molecule has 27 heavy (non-hydrogen) atoms. The van der Waals surface area contributed by atoms with Crippen molar-refractivity contribution in [3.05, 3.63) is 29.8 Å². The Labute approximate surface area is 161 Å². The van der Waals surface area contributed by atoms with Gasteiger partial charge in [0.2, 0.25) is 5.91 Å². The number of rotatable bonds is 6. The number of amides is 1. The number of ketones is 1. The average molecular weight is 393 g/mol. The molecule has 2 aliphatic rings. The Morgan fingerprint density at radius 3 is 2.48 bits per heavy atom. The van der Waals surface area contributed by atoms with Crippen molar-refractivity contribution in [1.82, 2.24) is 4.90 Å². The van der Waals surface area contributed by atoms with Gasteiger partial charge in [0.25, 0.3) is 0 Å². The van der Waals surface area contributed by atoms with Crippen molar-refractivity contribution in [2.24, 2.45) is 0 Å². The number of hydrogen-bond donors (Lipinski definition) is 1. The number of carbonyl (C=O) groups excluding carboxylic acids is 2. The molecule has 1 aromatic carbocycles. The molecule has 0 spiro atoms. The number of nitrogens with one attached hydrogen (secondary N) is 1. The SMILES string of the molecule is CC(=O)c1cccc(NCC(=O)N(C2CCCCC2)C2CCS(=O)(=O)C2)c1. The van der Waals surface area contributed by atoms with Crippen LogP contribution >= 0.6 is 0 Å². The van der Waals surface area contributed by atoms with Crippen LogP contribution in [0.2, 0.25) is 0 Å². The number of nitrogens with zero attached hydrogens (tertiary/aromatic N) is 1. The van der Waals surface area contributed by atoms with Gasteiger partial charge in [0.1, 0.15) is 0 Å². The zero-order valence-electron chi connectivity index (χ0n) is 15.8. The van der Waals surface area contributed by atoms with E-state index in [0.29, 0.717) is 12.0 Å². The maximum atomic E-state index is 13.0. The molecule has 1 unspecified atom stereocenters. The van der Waals surface area contributed by atoms with E-state index in [0.717, 1.165) is 31.4 Å². The van der Waals surface area contributed by atoms with Crippen LogP contribution in [0.1, 0.15) is 55.8 Å². The zero-order valence-corrected chi connectivity index (χ0v) is 16.6. The molecule has 1 amide bonds. The lowest BCUT2D eigenvalue weighted by Crippen LogP contribution is -2.50. The lowest BCUT2D eigenvalue weighted by Gasteiger charge is -2.38. The fourth-order valence-corrected chi connectivity index (χ4v) is 5.89. The van der Waals surface area contributed by atoms with Crippen molar-refractivity contribution in [3.63, 3.8) is 0 Å². The fraction of sp³-hybridized carbons (Fsp3) is 0.600. The Bertz CT molecular complexity index is 800. The highest BCUT2D eigenvalue weighted by molar-refractivity contribution is 7.91. The summed E-state index contributed by atoms with van der Waals surface area (Å²) in [5, 5.41) is 3.11. The highest BCUT2D eigenvalue weighted by Gasteiger charge is 2.38. The van der Waals surface area contributed by atoms with Crippen LogP contribution in [-0.4, -0.2) is 55.1 Å². The van der Waals surface area contributed by atoms with Crippen molar-refractivity contribution >= 4 is 27.2 Å². The van der Waals surface area contributed by atoms with Gasteiger partial charge in [0.05, 0.1) is 18.1 Å². The van der Waals surface area contributed by atoms with Gasteiger partial charge >= 0.3 is 0 Å². The van der Waals surface area contributed by atoms with Crippen LogP contribution in [0.25, 0.3) is 0 Å². The molecule has 7 heteroatoms. The third kappa shape index (κ3) is 5.09. The van der Waals surface area contributed by atoms with E-state index in [-0.39, 0.29) is 41.8 Å². The molecule has 1 heterocycles. The van der Waals surface area contributed by atoms with Crippen molar-refractivity contribution in [1.29, 1.82) is 0 Å². The van der Waals surface area contributed by atoms with Crippen LogP contribution in [0.4, 0.5) is 5.69 Å². The Hall–Kier alpha value is -1.89. The van der Waals surface area contributed by atoms with Crippen LogP contribution in [0.15, 0.2) is 24.3 Å². The second kappa shape index (κ2) is 8.42. The monoisotopic (exact) mass is 392 g/mol. The number of benzene rings is 1. The molecule has 0 radical (unpaired) electrons. The molecule has 0 bridgehead atoms. The Morgan fingerprint density at radius 2 is 1.85 bits per heavy atom. The summed E-state index contributed by atoms with van der Waals surface area (Å²) in [6.07, 6.45) is 5.77. The number of Topliss-reactive ketones (excluding diaryl/α,β-unsaturated/α-hetero) is 1. The lowest BCUT2D eigenvalue weighted by molar-refractivity contribution is -0.134. The van der Waals surface area contributed by atoms with Gasteiger partial charge in [-0.1, -0.05) is 31.4 Å². The summed E-state index contributed by atoms with van der Waals surface area (Å²) in [5.74, 6) is 0.166. The van der Waals surface area contributed by atoms with Crippen LogP contribution < -0.4 is 5.32 Å². The van der Waals surface area contributed by atoms with Crippen LogP contribution in [0.3, 0.4) is 0 Å². The number of sulfone groups is 1. The van der Waals surface area contributed by atoms with Gasteiger partial charge in [-0.2, -0.15) is 0 Å². The van der Waals surface area contributed by atoms with E-state index < -0.39 is 9.84 Å². The minimum absolute atomic E-state index is 0.0232. The standard InChI is InChI=1S/C20H28N2O4S/c1-15(23)16-6-5-7-17(12-16)21-13-20(24)22(18-8-3-2-4-9-18)19-10-11-27(25,26)14-19/h5-7,12,18-19,21H,2-4,8-11,13-14H2,1H3. The topological polar surface area (TPSA) is 83.6 Å². The minimum atomic E-state index is -3.05. The largest absolute Gasteiger partial charge is 0.376 e. The second-order valence-electron chi connectivity index (χ2n) is 7.64. The summed E-state index contributed by atoms with van der Waals surface area (Å²) >= 11 is 0. The number of hydrogen-bond acceptors (Lipinski definition) is 5. The van der Waals surface area contributed by atoms with Crippen molar-refractivity contribution < 1.29 is 18.0 Å². The molecule has 1 N–H and O–H groups in total. The summed E-state index contributed by atoms with van der Waals surface area (Å²) < 4.78 is 23.9. The van der Waals surface area contributed by atoms with E-state index in [4.69, 9.17) is 0 Å². The third-order valence-electron chi connectivity index (χ3n) is 5.57. The van der Waals surface area contributed by atoms with Crippen molar-refractivity contribution in [3.8, 4) is 0 Å². The molecule has 1 aliphatic heterocycles. The van der Waals surface area contributed by atoms with Crippen molar-refractivity contribution in [2.45, 2.75) is 57.5 Å². The first-order valence-corrected chi connectivity index (χ1v) is 11.5. The second-order valence-corrected chi connectivity index (χ2v) is 9.87. The molecule has 3 rings (SSSR count). The van der Waals surface area contributed by atoms with Crippen LogP contribution in [-0.2, 0) is 14.6 Å². The first-order chi connectivity index (χ1) is 12.9. The first-order valence-electron chi connectivity index (χ1n) is 9.72. The maximum Gasteiger partial charge on any atom is 0.242 e. The Balaban J connectivity index is 1.70. The predicted octanol–water partition coefficient (Wildman–Crippen LogP) is 2.65.